The van der Waals surface area contributed by atoms with Crippen LogP contribution in [0.2, 0.25) is 0 Å². The van der Waals surface area contributed by atoms with E-state index in [1.807, 2.05) is 19.9 Å². The highest BCUT2D eigenvalue weighted by molar-refractivity contribution is 5.43. The molecule has 1 N–H and O–H groups in total. The van der Waals surface area contributed by atoms with E-state index in [1.54, 1.807) is 0 Å². The van der Waals surface area contributed by atoms with Crippen LogP contribution in [0.4, 0.5) is 0 Å². The minimum absolute atomic E-state index is 0.0226. The summed E-state index contributed by atoms with van der Waals surface area (Å²) >= 11 is 0. The summed E-state index contributed by atoms with van der Waals surface area (Å²) < 4.78 is 5.47. The zero-order valence-electron chi connectivity index (χ0n) is 10.3. The molecule has 0 aromatic heterocycles. The molecule has 1 aromatic rings. The van der Waals surface area contributed by atoms with E-state index in [-0.39, 0.29) is 11.5 Å². The lowest BCUT2D eigenvalue weighted by Gasteiger charge is -2.21. The van der Waals surface area contributed by atoms with Crippen LogP contribution in [0, 0.1) is 6.92 Å². The molecular weight excluding hydrogens is 200 g/mol. The molecule has 0 aliphatic heterocycles. The van der Waals surface area contributed by atoms with E-state index in [0.29, 0.717) is 6.61 Å². The average Bonchev–Trinajstić information content (AvgIpc) is 2.99. The maximum atomic E-state index is 9.86. The molecule has 0 amide bonds. The van der Waals surface area contributed by atoms with Crippen LogP contribution in [-0.4, -0.2) is 17.8 Å². The minimum Gasteiger partial charge on any atom is -0.494 e. The van der Waals surface area contributed by atoms with E-state index in [2.05, 4.69) is 19.1 Å². The molecule has 0 saturated heterocycles. The van der Waals surface area contributed by atoms with E-state index in [9.17, 15) is 5.11 Å². The Kier molecular flexibility index (Phi) is 2.94. The molecule has 1 atom stereocenters. The van der Waals surface area contributed by atoms with Crippen molar-refractivity contribution in [1.29, 1.82) is 0 Å². The summed E-state index contributed by atoms with van der Waals surface area (Å²) in [5, 5.41) is 9.86. The van der Waals surface area contributed by atoms with Gasteiger partial charge in [0.25, 0.3) is 0 Å². The quantitative estimate of drug-likeness (QED) is 0.845. The molecule has 1 aliphatic carbocycles. The fraction of sp³-hybridized carbons (Fsp3) is 0.571. The zero-order chi connectivity index (χ0) is 11.8. The van der Waals surface area contributed by atoms with Gasteiger partial charge in [0.05, 0.1) is 12.7 Å². The summed E-state index contributed by atoms with van der Waals surface area (Å²) in [6.45, 7) is 6.67. The molecule has 1 aliphatic rings. The molecule has 2 nitrogen and oxygen atoms in total. The van der Waals surface area contributed by atoms with E-state index < -0.39 is 0 Å². The molecule has 2 rings (SSSR count). The van der Waals surface area contributed by atoms with Gasteiger partial charge in [-0.3, -0.25) is 0 Å². The molecule has 1 fully saturated rings. The van der Waals surface area contributed by atoms with Crippen molar-refractivity contribution in [3.8, 4) is 5.75 Å². The van der Waals surface area contributed by atoms with Gasteiger partial charge in [-0.2, -0.15) is 0 Å². The van der Waals surface area contributed by atoms with Gasteiger partial charge in [-0.1, -0.05) is 6.07 Å². The van der Waals surface area contributed by atoms with Crippen LogP contribution in [-0.2, 0) is 5.41 Å². The van der Waals surface area contributed by atoms with Crippen LogP contribution in [0.25, 0.3) is 0 Å². The second-order valence-corrected chi connectivity index (χ2v) is 4.74. The van der Waals surface area contributed by atoms with Gasteiger partial charge >= 0.3 is 0 Å². The third-order valence-electron chi connectivity index (χ3n) is 3.63. The molecule has 1 unspecified atom stereocenters. The molecule has 16 heavy (non-hydrogen) atoms. The van der Waals surface area contributed by atoms with Crippen LogP contribution in [0.1, 0.15) is 37.8 Å². The van der Waals surface area contributed by atoms with Crippen LogP contribution >= 0.6 is 0 Å². The number of aliphatic hydroxyl groups excluding tert-OH is 1. The fourth-order valence-electron chi connectivity index (χ4n) is 2.50. The van der Waals surface area contributed by atoms with Gasteiger partial charge in [0, 0.05) is 5.41 Å². The first-order chi connectivity index (χ1) is 7.60. The first-order valence-corrected chi connectivity index (χ1v) is 6.02. The van der Waals surface area contributed by atoms with Crippen molar-refractivity contribution in [2.45, 2.75) is 45.1 Å². The fourth-order valence-corrected chi connectivity index (χ4v) is 2.50. The average molecular weight is 220 g/mol. The lowest BCUT2D eigenvalue weighted by molar-refractivity contribution is 0.150. The highest BCUT2D eigenvalue weighted by Gasteiger charge is 2.49. The molecule has 2 heteroatoms. The van der Waals surface area contributed by atoms with Gasteiger partial charge in [-0.25, -0.2) is 0 Å². The summed E-state index contributed by atoms with van der Waals surface area (Å²) in [5.41, 5.74) is 2.53. The van der Waals surface area contributed by atoms with Gasteiger partial charge < -0.3 is 9.84 Å². The summed E-state index contributed by atoms with van der Waals surface area (Å²) in [4.78, 5) is 0. The zero-order valence-corrected chi connectivity index (χ0v) is 10.3. The van der Waals surface area contributed by atoms with Crippen molar-refractivity contribution >= 4 is 0 Å². The molecule has 88 valence electrons. The number of rotatable bonds is 4. The van der Waals surface area contributed by atoms with Gasteiger partial charge in [0.15, 0.2) is 0 Å². The molecule has 1 saturated carbocycles. The largest absolute Gasteiger partial charge is 0.494 e. The second kappa shape index (κ2) is 4.10. The second-order valence-electron chi connectivity index (χ2n) is 4.74. The summed E-state index contributed by atoms with van der Waals surface area (Å²) in [6.07, 6.45) is 1.93. The maximum Gasteiger partial charge on any atom is 0.119 e. The van der Waals surface area contributed by atoms with Crippen molar-refractivity contribution in [3.63, 3.8) is 0 Å². The van der Waals surface area contributed by atoms with Gasteiger partial charge in [0.1, 0.15) is 5.75 Å². The maximum absolute atomic E-state index is 9.86. The van der Waals surface area contributed by atoms with Crippen molar-refractivity contribution in [3.05, 3.63) is 29.3 Å². The number of ether oxygens (including phenoxy) is 1. The van der Waals surface area contributed by atoms with Gasteiger partial charge in [-0.05, 0) is 56.9 Å². The SMILES string of the molecule is CCOc1ccc(C2(C(C)O)CC2)c(C)c1. The highest BCUT2D eigenvalue weighted by Crippen LogP contribution is 2.52. The Bertz CT molecular complexity index is 378. The standard InChI is InChI=1S/C14H20O2/c1-4-16-12-5-6-13(10(2)9-12)14(7-8-14)11(3)15/h5-6,9,11,15H,4,7-8H2,1-3H3. The van der Waals surface area contributed by atoms with E-state index >= 15 is 0 Å². The van der Waals surface area contributed by atoms with Gasteiger partial charge in [0.2, 0.25) is 0 Å². The highest BCUT2D eigenvalue weighted by atomic mass is 16.5. The molecular formula is C14H20O2. The summed E-state index contributed by atoms with van der Waals surface area (Å²) in [5.74, 6) is 0.921. The van der Waals surface area contributed by atoms with Crippen molar-refractivity contribution in [1.82, 2.24) is 0 Å². The Hall–Kier alpha value is -1.02. The number of aryl methyl sites for hydroxylation is 1. The van der Waals surface area contributed by atoms with E-state index in [4.69, 9.17) is 4.74 Å². The molecule has 0 heterocycles. The topological polar surface area (TPSA) is 29.5 Å². The van der Waals surface area contributed by atoms with Crippen molar-refractivity contribution < 1.29 is 9.84 Å². The van der Waals surface area contributed by atoms with Crippen LogP contribution < -0.4 is 4.74 Å². The third-order valence-corrected chi connectivity index (χ3v) is 3.63. The molecule has 0 radical (unpaired) electrons. The first-order valence-electron chi connectivity index (χ1n) is 6.02. The van der Waals surface area contributed by atoms with E-state index in [0.717, 1.165) is 18.6 Å². The Balaban J connectivity index is 2.30. The molecule has 1 aromatic carbocycles. The Morgan fingerprint density at radius 1 is 1.44 bits per heavy atom. The van der Waals surface area contributed by atoms with Crippen molar-refractivity contribution in [2.75, 3.05) is 6.61 Å². The summed E-state index contributed by atoms with van der Waals surface area (Å²) in [6, 6.07) is 6.19. The van der Waals surface area contributed by atoms with E-state index in [1.165, 1.54) is 11.1 Å². The van der Waals surface area contributed by atoms with Crippen LogP contribution in [0.3, 0.4) is 0 Å². The Labute approximate surface area is 97.3 Å². The number of benzene rings is 1. The number of hydrogen-bond acceptors (Lipinski definition) is 2. The van der Waals surface area contributed by atoms with Crippen molar-refractivity contribution in [2.24, 2.45) is 0 Å². The lowest BCUT2D eigenvalue weighted by atomic mass is 9.87. The minimum atomic E-state index is -0.260. The number of hydrogen-bond donors (Lipinski definition) is 1. The Morgan fingerprint density at radius 3 is 2.56 bits per heavy atom. The first kappa shape index (κ1) is 11.5. The smallest absolute Gasteiger partial charge is 0.119 e. The van der Waals surface area contributed by atoms with Gasteiger partial charge in [-0.15, -0.1) is 0 Å². The molecule has 0 spiro atoms. The van der Waals surface area contributed by atoms with Crippen LogP contribution in [0.15, 0.2) is 18.2 Å². The van der Waals surface area contributed by atoms with Crippen LogP contribution in [0.5, 0.6) is 5.75 Å². The normalized spacial score (nSPS) is 19.2. The predicted octanol–water partition coefficient (Wildman–Crippen LogP) is 2.81. The molecule has 0 bridgehead atoms. The monoisotopic (exact) mass is 220 g/mol. The Morgan fingerprint density at radius 2 is 2.12 bits per heavy atom. The third kappa shape index (κ3) is 1.82. The predicted molar refractivity (Wildman–Crippen MR) is 64.9 cm³/mol. The number of aliphatic hydroxyl groups is 1. The summed E-state index contributed by atoms with van der Waals surface area (Å²) in [7, 11) is 0. The lowest BCUT2D eigenvalue weighted by Crippen LogP contribution is -2.23.